The van der Waals surface area contributed by atoms with Crippen LogP contribution in [0, 0.1) is 0 Å². The Kier molecular flexibility index (Phi) is 7.42. The summed E-state index contributed by atoms with van der Waals surface area (Å²) in [5.74, 6) is 0.647. The zero-order valence-electron chi connectivity index (χ0n) is 30.1. The standard InChI is InChI=1S/C51H31N3O2/c1-2-10-34(11-3-1)45-31-46(54-51(53-45)35-22-20-32(21-23-35)33-24-26-52-27-25-33)38-29-36(39-14-8-16-43-41-12-4-6-18-47(41)55-49(39)43)28-37(30-38)40-15-9-17-44-42-13-5-7-19-48(42)56-50(40)44/h1-31H. The van der Waals surface area contributed by atoms with Gasteiger partial charge in [-0.25, -0.2) is 9.97 Å². The number of furan rings is 2. The largest absolute Gasteiger partial charge is 0.455 e. The van der Waals surface area contributed by atoms with E-state index in [1.807, 2.05) is 67.0 Å². The lowest BCUT2D eigenvalue weighted by Crippen LogP contribution is -1.97. The fraction of sp³-hybridized carbons (Fsp3) is 0. The van der Waals surface area contributed by atoms with E-state index in [9.17, 15) is 0 Å². The highest BCUT2D eigenvalue weighted by atomic mass is 16.3. The second-order valence-electron chi connectivity index (χ2n) is 14.0. The van der Waals surface area contributed by atoms with Gasteiger partial charge in [-0.05, 0) is 70.8 Å². The molecular formula is C51H31N3O2. The molecule has 0 saturated carbocycles. The molecule has 0 aliphatic rings. The minimum Gasteiger partial charge on any atom is -0.455 e. The van der Waals surface area contributed by atoms with Crippen molar-refractivity contribution in [1.82, 2.24) is 15.0 Å². The van der Waals surface area contributed by atoms with Gasteiger partial charge in [0.1, 0.15) is 22.3 Å². The van der Waals surface area contributed by atoms with Crippen LogP contribution in [0.25, 0.3) is 111 Å². The van der Waals surface area contributed by atoms with E-state index < -0.39 is 0 Å². The second kappa shape index (κ2) is 13.0. The SMILES string of the molecule is c1ccc(-c2cc(-c3cc(-c4cccc5c4oc4ccccc45)cc(-c4cccc5c4oc4ccccc45)c3)nc(-c3ccc(-c4ccncc4)cc3)n2)cc1. The first-order chi connectivity index (χ1) is 27.7. The van der Waals surface area contributed by atoms with Crippen molar-refractivity contribution in [3.63, 3.8) is 0 Å². The van der Waals surface area contributed by atoms with Gasteiger partial charge in [0.15, 0.2) is 5.82 Å². The Balaban J connectivity index is 1.15. The first kappa shape index (κ1) is 31.9. The van der Waals surface area contributed by atoms with Gasteiger partial charge in [0.2, 0.25) is 0 Å². The number of rotatable bonds is 6. The van der Waals surface area contributed by atoms with Gasteiger partial charge in [-0.2, -0.15) is 0 Å². The number of hydrogen-bond donors (Lipinski definition) is 0. The predicted octanol–water partition coefficient (Wildman–Crippen LogP) is 13.7. The number of fused-ring (bicyclic) bond motifs is 6. The van der Waals surface area contributed by atoms with E-state index in [-0.39, 0.29) is 0 Å². The quantitative estimate of drug-likeness (QED) is 0.171. The highest BCUT2D eigenvalue weighted by Gasteiger charge is 2.19. The monoisotopic (exact) mass is 717 g/mol. The molecule has 0 unspecified atom stereocenters. The molecule has 11 aromatic rings. The molecule has 0 bridgehead atoms. The van der Waals surface area contributed by atoms with Crippen molar-refractivity contribution in [3.8, 4) is 67.3 Å². The molecule has 56 heavy (non-hydrogen) atoms. The molecule has 0 atom stereocenters. The van der Waals surface area contributed by atoms with E-state index in [1.54, 1.807) is 0 Å². The first-order valence-electron chi connectivity index (χ1n) is 18.7. The van der Waals surface area contributed by atoms with E-state index in [1.165, 1.54) is 0 Å². The smallest absolute Gasteiger partial charge is 0.160 e. The highest BCUT2D eigenvalue weighted by molar-refractivity contribution is 6.11. The molecule has 0 saturated heterocycles. The zero-order valence-corrected chi connectivity index (χ0v) is 30.1. The summed E-state index contributed by atoms with van der Waals surface area (Å²) in [4.78, 5) is 14.6. The Labute approximate surface area is 322 Å². The summed E-state index contributed by atoms with van der Waals surface area (Å²) in [5.41, 5.74) is 14.2. The Bertz CT molecular complexity index is 3110. The molecule has 0 aliphatic heterocycles. The summed E-state index contributed by atoms with van der Waals surface area (Å²) in [7, 11) is 0. The van der Waals surface area contributed by atoms with E-state index in [0.717, 1.165) is 105 Å². The summed E-state index contributed by atoms with van der Waals surface area (Å²) in [6.45, 7) is 0. The molecule has 0 radical (unpaired) electrons. The number of pyridine rings is 1. The molecule has 5 nitrogen and oxygen atoms in total. The molecule has 7 aromatic carbocycles. The normalized spacial score (nSPS) is 11.6. The van der Waals surface area contributed by atoms with Crippen LogP contribution >= 0.6 is 0 Å². The molecule has 4 aromatic heterocycles. The van der Waals surface area contributed by atoms with Crippen LogP contribution in [0.4, 0.5) is 0 Å². The van der Waals surface area contributed by atoms with Crippen molar-refractivity contribution in [3.05, 3.63) is 188 Å². The highest BCUT2D eigenvalue weighted by Crippen LogP contribution is 2.42. The first-order valence-corrected chi connectivity index (χ1v) is 18.7. The third-order valence-corrected chi connectivity index (χ3v) is 10.6. The molecular weight excluding hydrogens is 687 g/mol. The van der Waals surface area contributed by atoms with Crippen LogP contribution in [-0.4, -0.2) is 15.0 Å². The Morgan fingerprint density at radius 3 is 1.41 bits per heavy atom. The minimum atomic E-state index is 0.647. The molecule has 4 heterocycles. The van der Waals surface area contributed by atoms with E-state index in [0.29, 0.717) is 5.82 Å². The number of hydrogen-bond acceptors (Lipinski definition) is 5. The zero-order chi connectivity index (χ0) is 37.0. The van der Waals surface area contributed by atoms with Gasteiger partial charge in [0.05, 0.1) is 11.4 Å². The second-order valence-corrected chi connectivity index (χ2v) is 14.0. The summed E-state index contributed by atoms with van der Waals surface area (Å²) in [6.07, 6.45) is 3.63. The summed E-state index contributed by atoms with van der Waals surface area (Å²) < 4.78 is 13.2. The molecule has 0 N–H and O–H groups in total. The molecule has 5 heteroatoms. The van der Waals surface area contributed by atoms with Crippen molar-refractivity contribution in [1.29, 1.82) is 0 Å². The van der Waals surface area contributed by atoms with Gasteiger partial charge in [-0.1, -0.05) is 127 Å². The Hall–Kier alpha value is -7.63. The number of para-hydroxylation sites is 4. The van der Waals surface area contributed by atoms with Crippen molar-refractivity contribution >= 4 is 43.9 Å². The van der Waals surface area contributed by atoms with Crippen LogP contribution < -0.4 is 0 Å². The molecule has 0 spiro atoms. The number of benzene rings is 7. The van der Waals surface area contributed by atoms with Gasteiger partial charge >= 0.3 is 0 Å². The average molecular weight is 718 g/mol. The lowest BCUT2D eigenvalue weighted by Gasteiger charge is -2.14. The van der Waals surface area contributed by atoms with E-state index in [4.69, 9.17) is 18.8 Å². The van der Waals surface area contributed by atoms with Crippen molar-refractivity contribution in [2.24, 2.45) is 0 Å². The summed E-state index contributed by atoms with van der Waals surface area (Å²) >= 11 is 0. The Morgan fingerprint density at radius 2 is 0.804 bits per heavy atom. The molecule has 0 amide bonds. The van der Waals surface area contributed by atoms with Gasteiger partial charge in [0, 0.05) is 61.8 Å². The van der Waals surface area contributed by atoms with Crippen LogP contribution in [0.3, 0.4) is 0 Å². The average Bonchev–Trinajstić information content (AvgIpc) is 3.86. The molecule has 0 fully saturated rings. The lowest BCUT2D eigenvalue weighted by molar-refractivity contribution is 0.670. The van der Waals surface area contributed by atoms with Crippen molar-refractivity contribution < 1.29 is 8.83 Å². The van der Waals surface area contributed by atoms with Crippen LogP contribution in [0.15, 0.2) is 197 Å². The fourth-order valence-electron chi connectivity index (χ4n) is 7.87. The van der Waals surface area contributed by atoms with Gasteiger partial charge < -0.3 is 8.83 Å². The lowest BCUT2D eigenvalue weighted by atomic mass is 9.93. The molecule has 0 aliphatic carbocycles. The van der Waals surface area contributed by atoms with Crippen molar-refractivity contribution in [2.75, 3.05) is 0 Å². The van der Waals surface area contributed by atoms with Gasteiger partial charge in [-0.3, -0.25) is 4.98 Å². The number of nitrogens with zero attached hydrogens (tertiary/aromatic N) is 3. The van der Waals surface area contributed by atoms with Gasteiger partial charge in [0.25, 0.3) is 0 Å². The van der Waals surface area contributed by atoms with Crippen LogP contribution in [-0.2, 0) is 0 Å². The van der Waals surface area contributed by atoms with Crippen molar-refractivity contribution in [2.45, 2.75) is 0 Å². The van der Waals surface area contributed by atoms with Crippen LogP contribution in [0.1, 0.15) is 0 Å². The Morgan fingerprint density at radius 1 is 0.321 bits per heavy atom. The summed E-state index contributed by atoms with van der Waals surface area (Å²) in [5, 5.41) is 4.34. The van der Waals surface area contributed by atoms with E-state index in [2.05, 4.69) is 126 Å². The molecule has 11 rings (SSSR count). The molecule has 262 valence electrons. The number of aromatic nitrogens is 3. The van der Waals surface area contributed by atoms with E-state index >= 15 is 0 Å². The van der Waals surface area contributed by atoms with Crippen LogP contribution in [0.5, 0.6) is 0 Å². The predicted molar refractivity (Wildman–Crippen MR) is 227 cm³/mol. The maximum atomic E-state index is 6.59. The van der Waals surface area contributed by atoms with Crippen LogP contribution in [0.2, 0.25) is 0 Å². The van der Waals surface area contributed by atoms with Gasteiger partial charge in [-0.15, -0.1) is 0 Å². The third-order valence-electron chi connectivity index (χ3n) is 10.6. The third kappa shape index (κ3) is 5.45. The summed E-state index contributed by atoms with van der Waals surface area (Å²) in [6, 6.07) is 60.7. The fourth-order valence-corrected chi connectivity index (χ4v) is 7.87. The maximum absolute atomic E-state index is 6.59. The maximum Gasteiger partial charge on any atom is 0.160 e. The minimum absolute atomic E-state index is 0.647. The topological polar surface area (TPSA) is 65.0 Å².